The lowest BCUT2D eigenvalue weighted by atomic mass is 9.74. The van der Waals surface area contributed by atoms with Crippen molar-refractivity contribution in [2.75, 3.05) is 13.7 Å². The molecule has 0 rings (SSSR count). The van der Waals surface area contributed by atoms with Crippen LogP contribution in [0.5, 0.6) is 0 Å². The van der Waals surface area contributed by atoms with Crippen molar-refractivity contribution in [3.63, 3.8) is 0 Å². The Morgan fingerprint density at radius 1 is 1.25 bits per heavy atom. The normalized spacial score (nSPS) is 13.4. The molecule has 0 aromatic carbocycles. The van der Waals surface area contributed by atoms with Gasteiger partial charge in [0.15, 0.2) is 0 Å². The summed E-state index contributed by atoms with van der Waals surface area (Å²) in [5.74, 6) is 2.68. The third-order valence-electron chi connectivity index (χ3n) is 2.25. The summed E-state index contributed by atoms with van der Waals surface area (Å²) in [5, 5.41) is 0. The summed E-state index contributed by atoms with van der Waals surface area (Å²) >= 11 is 0. The molecule has 0 radical (unpaired) electrons. The zero-order valence-electron chi connectivity index (χ0n) is 10.9. The first-order chi connectivity index (χ1) is 7.22. The maximum absolute atomic E-state index is 11.0. The first-order valence-corrected chi connectivity index (χ1v) is 6.40. The summed E-state index contributed by atoms with van der Waals surface area (Å²) in [6.07, 6.45) is 6.97. The Balaban J connectivity index is 4.24. The molecule has 0 spiro atoms. The topological polar surface area (TPSA) is 35.5 Å². The van der Waals surface area contributed by atoms with Crippen LogP contribution in [0, 0.1) is 23.2 Å². The van der Waals surface area contributed by atoms with Gasteiger partial charge in [0.05, 0.1) is 7.11 Å². The molecular weight excluding hydrogens is 223 g/mol. The minimum absolute atomic E-state index is 0.0656. The highest BCUT2D eigenvalue weighted by atomic mass is 31.1. The van der Waals surface area contributed by atoms with E-state index in [4.69, 9.17) is 10.9 Å². The molecule has 0 N–H and O–H groups in total. The average molecular weight is 245 g/mol. The van der Waals surface area contributed by atoms with Gasteiger partial charge in [-0.3, -0.25) is 0 Å². The minimum atomic E-state index is -1.98. The molecule has 0 bridgehead atoms. The van der Waals surface area contributed by atoms with Gasteiger partial charge >= 0.3 is 8.25 Å². The number of hydrogen-bond donors (Lipinski definition) is 0. The maximum Gasteiger partial charge on any atom is 0.697 e. The first kappa shape index (κ1) is 15.6. The van der Waals surface area contributed by atoms with E-state index < -0.39 is 8.25 Å². The monoisotopic (exact) mass is 245 g/mol. The molecule has 16 heavy (non-hydrogen) atoms. The summed E-state index contributed by atoms with van der Waals surface area (Å²) in [4.78, 5) is 0. The van der Waals surface area contributed by atoms with Gasteiger partial charge in [-0.2, -0.15) is 0 Å². The van der Waals surface area contributed by atoms with Gasteiger partial charge in [-0.05, 0) is 17.3 Å². The zero-order chi connectivity index (χ0) is 12.8. The molecule has 0 saturated carbocycles. The quantitative estimate of drug-likeness (QED) is 0.506. The molecular formula is C12H22O3P+. The third-order valence-corrected chi connectivity index (χ3v) is 2.89. The van der Waals surface area contributed by atoms with Crippen LogP contribution in [0.1, 0.15) is 40.5 Å². The van der Waals surface area contributed by atoms with E-state index >= 15 is 0 Å². The number of rotatable bonds is 7. The highest BCUT2D eigenvalue weighted by Crippen LogP contribution is 2.38. The fourth-order valence-corrected chi connectivity index (χ4v) is 2.53. The molecule has 1 unspecified atom stereocenters. The molecule has 0 aromatic rings. The van der Waals surface area contributed by atoms with Gasteiger partial charge < -0.3 is 0 Å². The molecule has 0 aromatic heterocycles. The van der Waals surface area contributed by atoms with Crippen LogP contribution >= 0.6 is 8.25 Å². The van der Waals surface area contributed by atoms with Crippen LogP contribution in [0.3, 0.4) is 0 Å². The second-order valence-corrected chi connectivity index (χ2v) is 6.64. The van der Waals surface area contributed by atoms with Crippen LogP contribution in [-0.2, 0) is 13.6 Å². The molecule has 1 atom stereocenters. The van der Waals surface area contributed by atoms with E-state index in [-0.39, 0.29) is 10.8 Å². The largest absolute Gasteiger partial charge is 0.697 e. The molecule has 3 nitrogen and oxygen atoms in total. The van der Waals surface area contributed by atoms with Gasteiger partial charge in [-0.25, -0.2) is 0 Å². The molecule has 92 valence electrons. The van der Waals surface area contributed by atoms with Crippen molar-refractivity contribution in [1.29, 1.82) is 0 Å². The zero-order valence-corrected chi connectivity index (χ0v) is 11.8. The summed E-state index contributed by atoms with van der Waals surface area (Å²) < 4.78 is 20.7. The van der Waals surface area contributed by atoms with Crippen LogP contribution in [0.15, 0.2) is 0 Å². The van der Waals surface area contributed by atoms with Crippen LogP contribution in [0.25, 0.3) is 0 Å². The van der Waals surface area contributed by atoms with Crippen LogP contribution in [0.2, 0.25) is 0 Å². The third kappa shape index (κ3) is 6.95. The average Bonchev–Trinajstić information content (AvgIpc) is 2.12. The van der Waals surface area contributed by atoms with E-state index in [0.29, 0.717) is 6.61 Å². The van der Waals surface area contributed by atoms with Crippen molar-refractivity contribution >= 4 is 8.25 Å². The fourth-order valence-electron chi connectivity index (χ4n) is 1.97. The number of terminal acetylenes is 1. The van der Waals surface area contributed by atoms with E-state index in [2.05, 4.69) is 38.1 Å². The Labute approximate surface area is 99.9 Å². The molecule has 0 aliphatic heterocycles. The van der Waals surface area contributed by atoms with Crippen molar-refractivity contribution < 1.29 is 13.6 Å². The molecule has 0 heterocycles. The summed E-state index contributed by atoms with van der Waals surface area (Å²) in [5.41, 5.74) is 0.00416. The van der Waals surface area contributed by atoms with Gasteiger partial charge in [0.1, 0.15) is 6.61 Å². The van der Waals surface area contributed by atoms with Crippen molar-refractivity contribution in [3.8, 4) is 12.3 Å². The van der Waals surface area contributed by atoms with Crippen LogP contribution in [0.4, 0.5) is 0 Å². The molecule has 0 aliphatic rings. The standard InChI is InChI=1S/C12H22O3P/c1-7-8-11(2,3)9-12(4,5)10-15-16(13)14-6/h1H,8-10H2,2-6H3/q+1. The first-order valence-electron chi connectivity index (χ1n) is 5.30. The van der Waals surface area contributed by atoms with E-state index in [9.17, 15) is 4.57 Å². The Morgan fingerprint density at radius 2 is 1.81 bits per heavy atom. The smallest absolute Gasteiger partial charge is 0.122 e. The van der Waals surface area contributed by atoms with Crippen molar-refractivity contribution in [2.45, 2.75) is 40.5 Å². The van der Waals surface area contributed by atoms with E-state index in [1.807, 2.05) is 0 Å². The summed E-state index contributed by atoms with van der Waals surface area (Å²) in [6.45, 7) is 8.81. The lowest BCUT2D eigenvalue weighted by Gasteiger charge is -2.32. The summed E-state index contributed by atoms with van der Waals surface area (Å²) in [7, 11) is -0.613. The Bertz CT molecular complexity index is 276. The SMILES string of the molecule is C#CCC(C)(C)CC(C)(C)CO[P+](=O)OC. The van der Waals surface area contributed by atoms with Crippen molar-refractivity contribution in [3.05, 3.63) is 0 Å². The van der Waals surface area contributed by atoms with E-state index in [1.54, 1.807) is 0 Å². The molecule has 0 saturated heterocycles. The van der Waals surface area contributed by atoms with Crippen molar-refractivity contribution in [1.82, 2.24) is 0 Å². The van der Waals surface area contributed by atoms with Gasteiger partial charge in [0, 0.05) is 11.0 Å². The summed E-state index contributed by atoms with van der Waals surface area (Å²) in [6, 6.07) is 0. The Kier molecular flexibility index (Phi) is 6.18. The molecule has 0 aliphatic carbocycles. The Hall–Kier alpha value is -0.420. The highest BCUT2D eigenvalue weighted by Gasteiger charge is 2.32. The molecule has 4 heteroatoms. The second-order valence-electron chi connectivity index (χ2n) is 5.57. The fraction of sp³-hybridized carbons (Fsp3) is 0.833. The molecule has 0 amide bonds. The molecule has 0 fully saturated rings. The van der Waals surface area contributed by atoms with Gasteiger partial charge in [-0.15, -0.1) is 21.4 Å². The van der Waals surface area contributed by atoms with Crippen LogP contribution < -0.4 is 0 Å². The Morgan fingerprint density at radius 3 is 2.25 bits per heavy atom. The van der Waals surface area contributed by atoms with E-state index in [0.717, 1.165) is 12.8 Å². The highest BCUT2D eigenvalue weighted by molar-refractivity contribution is 7.33. The minimum Gasteiger partial charge on any atom is -0.122 e. The second kappa shape index (κ2) is 6.35. The van der Waals surface area contributed by atoms with Crippen LogP contribution in [-0.4, -0.2) is 13.7 Å². The van der Waals surface area contributed by atoms with Gasteiger partial charge in [-0.1, -0.05) is 27.7 Å². The lowest BCUT2D eigenvalue weighted by molar-refractivity contribution is 0.112. The van der Waals surface area contributed by atoms with Gasteiger partial charge in [0.2, 0.25) is 0 Å². The van der Waals surface area contributed by atoms with E-state index in [1.165, 1.54) is 7.11 Å². The predicted octanol–water partition coefficient (Wildman–Crippen LogP) is 3.77. The maximum atomic E-state index is 11.0. The van der Waals surface area contributed by atoms with Gasteiger partial charge in [0.25, 0.3) is 0 Å². The number of hydrogen-bond acceptors (Lipinski definition) is 3. The predicted molar refractivity (Wildman–Crippen MR) is 66.2 cm³/mol. The lowest BCUT2D eigenvalue weighted by Crippen LogP contribution is -2.26. The van der Waals surface area contributed by atoms with Crippen molar-refractivity contribution in [2.24, 2.45) is 10.8 Å².